The van der Waals surface area contributed by atoms with Crippen molar-refractivity contribution in [1.82, 2.24) is 5.32 Å². The molecule has 2 aromatic rings. The first kappa shape index (κ1) is 19.3. The highest BCUT2D eigenvalue weighted by Crippen LogP contribution is 2.29. The SMILES string of the molecule is CCO[C@H](C(=O)NCc1ccc(C(=N)N)cc1)c1c(F)ccc(O)c1F. The zero-order chi connectivity index (χ0) is 19.3. The van der Waals surface area contributed by atoms with E-state index in [-0.39, 0.29) is 19.0 Å². The van der Waals surface area contributed by atoms with Crippen LogP contribution in [0.4, 0.5) is 8.78 Å². The van der Waals surface area contributed by atoms with Gasteiger partial charge in [0.25, 0.3) is 5.91 Å². The molecular weight excluding hydrogens is 344 g/mol. The molecule has 0 aliphatic carbocycles. The molecule has 26 heavy (non-hydrogen) atoms. The highest BCUT2D eigenvalue weighted by atomic mass is 19.1. The Morgan fingerprint density at radius 2 is 1.92 bits per heavy atom. The average molecular weight is 363 g/mol. The van der Waals surface area contributed by atoms with Crippen molar-refractivity contribution < 1.29 is 23.4 Å². The second-order valence-corrected chi connectivity index (χ2v) is 5.46. The molecule has 0 unspecified atom stereocenters. The lowest BCUT2D eigenvalue weighted by atomic mass is 10.1. The van der Waals surface area contributed by atoms with Crippen molar-refractivity contribution in [3.05, 3.63) is 64.7 Å². The van der Waals surface area contributed by atoms with Crippen molar-refractivity contribution in [1.29, 1.82) is 5.41 Å². The van der Waals surface area contributed by atoms with Crippen molar-refractivity contribution in [2.24, 2.45) is 5.73 Å². The Hall–Kier alpha value is -3.00. The summed E-state index contributed by atoms with van der Waals surface area (Å²) >= 11 is 0. The number of carbonyl (C=O) groups excluding carboxylic acids is 1. The number of hydrogen-bond acceptors (Lipinski definition) is 4. The smallest absolute Gasteiger partial charge is 0.254 e. The van der Waals surface area contributed by atoms with Crippen molar-refractivity contribution in [2.45, 2.75) is 19.6 Å². The van der Waals surface area contributed by atoms with E-state index < -0.39 is 35.0 Å². The van der Waals surface area contributed by atoms with E-state index in [0.29, 0.717) is 11.1 Å². The molecule has 2 aromatic carbocycles. The van der Waals surface area contributed by atoms with Gasteiger partial charge in [-0.05, 0) is 24.6 Å². The third-order valence-electron chi connectivity index (χ3n) is 3.67. The maximum atomic E-state index is 14.1. The van der Waals surface area contributed by atoms with Crippen molar-refractivity contribution >= 4 is 11.7 Å². The third-order valence-corrected chi connectivity index (χ3v) is 3.67. The first-order chi connectivity index (χ1) is 12.3. The fraction of sp³-hybridized carbons (Fsp3) is 0.222. The van der Waals surface area contributed by atoms with Gasteiger partial charge in [-0.2, -0.15) is 0 Å². The van der Waals surface area contributed by atoms with Crippen LogP contribution in [0.25, 0.3) is 0 Å². The lowest BCUT2D eigenvalue weighted by Crippen LogP contribution is -2.31. The minimum atomic E-state index is -1.54. The monoisotopic (exact) mass is 363 g/mol. The minimum absolute atomic E-state index is 0.0416. The summed E-state index contributed by atoms with van der Waals surface area (Å²) in [7, 11) is 0. The maximum Gasteiger partial charge on any atom is 0.254 e. The number of rotatable bonds is 7. The lowest BCUT2D eigenvalue weighted by Gasteiger charge is -2.19. The topological polar surface area (TPSA) is 108 Å². The second kappa shape index (κ2) is 8.39. The Morgan fingerprint density at radius 3 is 2.50 bits per heavy atom. The van der Waals surface area contributed by atoms with Crippen LogP contribution in [0.1, 0.15) is 29.7 Å². The number of nitrogen functional groups attached to an aromatic ring is 1. The molecular formula is C18H19F2N3O3. The summed E-state index contributed by atoms with van der Waals surface area (Å²) in [6.07, 6.45) is -1.54. The van der Waals surface area contributed by atoms with Crippen LogP contribution in [0.3, 0.4) is 0 Å². The van der Waals surface area contributed by atoms with Gasteiger partial charge in [0, 0.05) is 18.7 Å². The maximum absolute atomic E-state index is 14.1. The van der Waals surface area contributed by atoms with Crippen LogP contribution in [-0.2, 0) is 16.1 Å². The normalized spacial score (nSPS) is 11.8. The van der Waals surface area contributed by atoms with E-state index in [0.717, 1.165) is 12.1 Å². The molecule has 2 rings (SSSR count). The summed E-state index contributed by atoms with van der Waals surface area (Å²) in [5, 5.41) is 19.3. The molecule has 1 amide bonds. The van der Waals surface area contributed by atoms with Gasteiger partial charge in [-0.3, -0.25) is 10.2 Å². The van der Waals surface area contributed by atoms with Crippen molar-refractivity contribution in [2.75, 3.05) is 6.61 Å². The largest absolute Gasteiger partial charge is 0.505 e. The van der Waals surface area contributed by atoms with Crippen molar-refractivity contribution in [3.8, 4) is 5.75 Å². The van der Waals surface area contributed by atoms with Gasteiger partial charge in [0.1, 0.15) is 11.7 Å². The van der Waals surface area contributed by atoms with Crippen molar-refractivity contribution in [3.63, 3.8) is 0 Å². The quantitative estimate of drug-likeness (QED) is 0.447. The van der Waals surface area contributed by atoms with Crippen LogP contribution in [0.2, 0.25) is 0 Å². The highest BCUT2D eigenvalue weighted by Gasteiger charge is 2.29. The molecule has 0 saturated carbocycles. The number of nitrogens with one attached hydrogen (secondary N) is 2. The molecule has 0 aliphatic rings. The van der Waals surface area contributed by atoms with Gasteiger partial charge < -0.3 is 20.9 Å². The minimum Gasteiger partial charge on any atom is -0.505 e. The first-order valence-corrected chi connectivity index (χ1v) is 7.84. The third kappa shape index (κ3) is 4.34. The standard InChI is InChI=1S/C18H19F2N3O3/c1-2-26-16(14-12(19)7-8-13(24)15(14)20)18(25)23-9-10-3-5-11(6-4-10)17(21)22/h3-8,16,24H,2,9H2,1H3,(H3,21,22)(H,23,25)/t16-/m0/s1. The molecule has 0 saturated heterocycles. The van der Waals surface area contributed by atoms with Crippen LogP contribution in [-0.4, -0.2) is 23.5 Å². The summed E-state index contributed by atoms with van der Waals surface area (Å²) in [6.45, 7) is 1.71. The Bertz CT molecular complexity index is 810. The van der Waals surface area contributed by atoms with E-state index in [1.807, 2.05) is 0 Å². The zero-order valence-electron chi connectivity index (χ0n) is 14.1. The number of amidine groups is 1. The number of carbonyl (C=O) groups is 1. The summed E-state index contributed by atoms with van der Waals surface area (Å²) < 4.78 is 33.3. The number of amides is 1. The molecule has 0 aromatic heterocycles. The van der Waals surface area contributed by atoms with Crippen LogP contribution in [0.5, 0.6) is 5.75 Å². The predicted molar refractivity (Wildman–Crippen MR) is 91.7 cm³/mol. The van der Waals surface area contributed by atoms with E-state index in [1.54, 1.807) is 31.2 Å². The summed E-state index contributed by atoms with van der Waals surface area (Å²) in [5.74, 6) is -3.81. The van der Waals surface area contributed by atoms with E-state index in [1.165, 1.54) is 0 Å². The Labute approximate surface area is 149 Å². The number of benzene rings is 2. The second-order valence-electron chi connectivity index (χ2n) is 5.46. The van der Waals surface area contributed by atoms with Crippen LogP contribution in [0.15, 0.2) is 36.4 Å². The fourth-order valence-electron chi connectivity index (χ4n) is 2.34. The average Bonchev–Trinajstić information content (AvgIpc) is 2.62. The zero-order valence-corrected chi connectivity index (χ0v) is 14.1. The molecule has 0 heterocycles. The molecule has 0 spiro atoms. The molecule has 0 bridgehead atoms. The number of phenolic OH excluding ortho intramolecular Hbond substituents is 1. The molecule has 0 radical (unpaired) electrons. The highest BCUT2D eigenvalue weighted by molar-refractivity contribution is 5.94. The molecule has 8 heteroatoms. The number of halogens is 2. The number of phenols is 1. The lowest BCUT2D eigenvalue weighted by molar-refractivity contribution is -0.133. The van der Waals surface area contributed by atoms with E-state index in [2.05, 4.69) is 5.32 Å². The van der Waals surface area contributed by atoms with Gasteiger partial charge >= 0.3 is 0 Å². The Kier molecular flexibility index (Phi) is 6.24. The van der Waals surface area contributed by atoms with Crippen LogP contribution < -0.4 is 11.1 Å². The first-order valence-electron chi connectivity index (χ1n) is 7.84. The number of aromatic hydroxyl groups is 1. The molecule has 6 nitrogen and oxygen atoms in total. The number of ether oxygens (including phenoxy) is 1. The van der Waals surface area contributed by atoms with E-state index in [4.69, 9.17) is 15.9 Å². The fourth-order valence-corrected chi connectivity index (χ4v) is 2.34. The predicted octanol–water partition coefficient (Wildman–Crippen LogP) is 2.35. The molecule has 1 atom stereocenters. The molecule has 5 N–H and O–H groups in total. The van der Waals surface area contributed by atoms with Crippen LogP contribution >= 0.6 is 0 Å². The summed E-state index contributed by atoms with van der Waals surface area (Å²) in [6, 6.07) is 8.32. The number of nitrogens with two attached hydrogens (primary N) is 1. The molecule has 0 fully saturated rings. The summed E-state index contributed by atoms with van der Waals surface area (Å²) in [4.78, 5) is 12.4. The molecule has 138 valence electrons. The van der Waals surface area contributed by atoms with Gasteiger partial charge in [0.15, 0.2) is 17.7 Å². The van der Waals surface area contributed by atoms with Crippen LogP contribution in [0, 0.1) is 17.0 Å². The van der Waals surface area contributed by atoms with Gasteiger partial charge in [-0.15, -0.1) is 0 Å². The van der Waals surface area contributed by atoms with Gasteiger partial charge in [-0.25, -0.2) is 8.78 Å². The van der Waals surface area contributed by atoms with E-state index in [9.17, 15) is 18.7 Å². The van der Waals surface area contributed by atoms with Gasteiger partial charge in [-0.1, -0.05) is 24.3 Å². The number of hydrogen-bond donors (Lipinski definition) is 4. The summed E-state index contributed by atoms with van der Waals surface area (Å²) in [5.41, 5.74) is 5.97. The Morgan fingerprint density at radius 1 is 1.27 bits per heavy atom. The Balaban J connectivity index is 2.16. The van der Waals surface area contributed by atoms with Gasteiger partial charge in [0.2, 0.25) is 0 Å². The molecule has 0 aliphatic heterocycles. The van der Waals surface area contributed by atoms with E-state index >= 15 is 0 Å². The van der Waals surface area contributed by atoms with Gasteiger partial charge in [0.05, 0.1) is 5.56 Å².